The first kappa shape index (κ1) is 45.5. The van der Waals surface area contributed by atoms with Crippen LogP contribution in [-0.2, 0) is 30.5 Å². The molecule has 1 aliphatic heterocycles. The second-order valence-corrected chi connectivity index (χ2v) is 15.5. The molecule has 4 aromatic carbocycles. The van der Waals surface area contributed by atoms with Crippen molar-refractivity contribution in [2.75, 3.05) is 11.6 Å². The minimum absolute atomic E-state index is 0.0128. The first-order valence-corrected chi connectivity index (χ1v) is 20.4. The lowest BCUT2D eigenvalue weighted by Gasteiger charge is -2.30. The number of hydrogen-bond donors (Lipinski definition) is 6. The Hall–Kier alpha value is -6.58. The van der Waals surface area contributed by atoms with Crippen LogP contribution in [0.3, 0.4) is 0 Å². The summed E-state index contributed by atoms with van der Waals surface area (Å²) in [5, 5.41) is 18.7. The number of hydrazine groups is 1. The maximum absolute atomic E-state index is 14.3. The molecule has 1 heterocycles. The number of Topliss-reactive ketones (excluding diaryl/α,β-unsaturated/α-hetero) is 1. The number of carbonyl (C=O) groups is 6. The van der Waals surface area contributed by atoms with Crippen molar-refractivity contribution in [2.24, 2.45) is 11.7 Å². The predicted octanol–water partition coefficient (Wildman–Crippen LogP) is 4.80. The van der Waals surface area contributed by atoms with Crippen LogP contribution in [0.25, 0.3) is 10.8 Å². The Morgan fingerprint density at radius 2 is 1.44 bits per heavy atom. The van der Waals surface area contributed by atoms with Gasteiger partial charge in [0.15, 0.2) is 5.78 Å². The number of nitrogens with one attached hydrogen (secondary N) is 4. The summed E-state index contributed by atoms with van der Waals surface area (Å²) in [5.74, 6) is -2.37. The van der Waals surface area contributed by atoms with Gasteiger partial charge in [0.1, 0.15) is 19.3 Å². The molecule has 15 heteroatoms. The van der Waals surface area contributed by atoms with Gasteiger partial charge in [0.05, 0.1) is 30.3 Å². The van der Waals surface area contributed by atoms with Gasteiger partial charge in [-0.3, -0.25) is 39.7 Å². The number of ketones is 1. The van der Waals surface area contributed by atoms with E-state index in [0.717, 1.165) is 22.0 Å². The number of aliphatic hydroxyl groups is 1. The van der Waals surface area contributed by atoms with Gasteiger partial charge in [-0.15, -0.1) is 0 Å². The van der Waals surface area contributed by atoms with E-state index in [-0.39, 0.29) is 63.0 Å². The lowest BCUT2D eigenvalue weighted by molar-refractivity contribution is -0.131. The Bertz CT molecular complexity index is 2180. The Kier molecular flexibility index (Phi) is 16.5. The van der Waals surface area contributed by atoms with Crippen molar-refractivity contribution in [1.29, 1.82) is 0 Å². The predicted molar refractivity (Wildman–Crippen MR) is 231 cm³/mol. The molecule has 61 heavy (non-hydrogen) atoms. The number of ether oxygens (including phenoxy) is 1. The van der Waals surface area contributed by atoms with Crippen LogP contribution in [0.5, 0.6) is 0 Å². The number of nitrogens with zero attached hydrogens (tertiary/aromatic N) is 2. The molecule has 5 rings (SSSR count). The molecule has 4 atom stereocenters. The SMILES string of the molecule is CC(C)C[C@H](NC(=O)C(CC1=CN(C(=O)[C@H](C)N)CN1c1cccc2ccccc12)NC(=O)OCc1ccccc1)[C@@H](O)CC(=O)NNC(=O)CCCC(=O)c1ccccc1. The molecule has 1 unspecified atom stereocenters. The molecule has 7 N–H and O–H groups in total. The molecule has 5 amide bonds. The fourth-order valence-corrected chi connectivity index (χ4v) is 6.96. The normalized spacial score (nSPS) is 14.4. The van der Waals surface area contributed by atoms with E-state index in [2.05, 4.69) is 21.5 Å². The van der Waals surface area contributed by atoms with Gasteiger partial charge in [-0.25, -0.2) is 4.79 Å². The Morgan fingerprint density at radius 1 is 0.787 bits per heavy atom. The maximum atomic E-state index is 14.3. The highest BCUT2D eigenvalue weighted by atomic mass is 16.5. The van der Waals surface area contributed by atoms with Crippen LogP contribution >= 0.6 is 0 Å². The summed E-state index contributed by atoms with van der Waals surface area (Å²) < 4.78 is 5.51. The van der Waals surface area contributed by atoms with E-state index in [1.54, 1.807) is 49.5 Å². The number of amides is 5. The summed E-state index contributed by atoms with van der Waals surface area (Å²) in [6.07, 6.45) is -0.559. The first-order chi connectivity index (χ1) is 29.3. The number of rotatable bonds is 19. The van der Waals surface area contributed by atoms with Crippen molar-refractivity contribution in [3.8, 4) is 0 Å². The van der Waals surface area contributed by atoms with Gasteiger partial charge < -0.3 is 31.1 Å². The zero-order chi connectivity index (χ0) is 43.9. The van der Waals surface area contributed by atoms with Gasteiger partial charge >= 0.3 is 6.09 Å². The van der Waals surface area contributed by atoms with Crippen molar-refractivity contribution in [2.45, 2.75) is 90.1 Å². The minimum Gasteiger partial charge on any atom is -0.445 e. The van der Waals surface area contributed by atoms with Gasteiger partial charge in [0, 0.05) is 42.1 Å². The number of aliphatic hydroxyl groups excluding tert-OH is 1. The molecule has 1 aliphatic rings. The average Bonchev–Trinajstić information content (AvgIpc) is 3.67. The third kappa shape index (κ3) is 13.5. The van der Waals surface area contributed by atoms with Gasteiger partial charge in [-0.2, -0.15) is 0 Å². The highest BCUT2D eigenvalue weighted by Gasteiger charge is 2.34. The highest BCUT2D eigenvalue weighted by Crippen LogP contribution is 2.34. The van der Waals surface area contributed by atoms with E-state index < -0.39 is 54.5 Å². The average molecular weight is 834 g/mol. The summed E-state index contributed by atoms with van der Waals surface area (Å²) in [4.78, 5) is 82.0. The fourth-order valence-electron chi connectivity index (χ4n) is 6.96. The quantitative estimate of drug-likeness (QED) is 0.0561. The third-order valence-electron chi connectivity index (χ3n) is 10.1. The van der Waals surface area contributed by atoms with Crippen molar-refractivity contribution in [1.82, 2.24) is 26.4 Å². The second kappa shape index (κ2) is 22.1. The molecule has 0 saturated carbocycles. The summed E-state index contributed by atoms with van der Waals surface area (Å²) in [6, 6.07) is 28.3. The minimum atomic E-state index is -1.39. The standard InChI is InChI=1S/C46H55N7O8/c1-30(2)24-37(41(55)26-43(57)51-50-42(56)23-13-22-40(54)34-17-8-5-9-18-34)48-44(58)38(49-46(60)61-28-32-14-6-4-7-15-32)25-35-27-52(45(59)31(3)47)29-53(35)39-21-12-19-33-16-10-11-20-36(33)39/h4-12,14-21,27,30-31,37-38,41,55H,13,22-26,28-29,47H2,1-3H3,(H,48,58)(H,49,60)(H,50,56)(H,51,57)/t31-,37-,38?,41-/m0/s1. The van der Waals surface area contributed by atoms with Gasteiger partial charge in [0.2, 0.25) is 23.6 Å². The van der Waals surface area contributed by atoms with Gasteiger partial charge in [-0.1, -0.05) is 111 Å². The molecule has 0 aliphatic carbocycles. The van der Waals surface area contributed by atoms with Crippen LogP contribution in [0, 0.1) is 5.92 Å². The fraction of sp³-hybridized carbons (Fsp3) is 0.348. The molecule has 15 nitrogen and oxygen atoms in total. The van der Waals surface area contributed by atoms with Crippen LogP contribution in [0.1, 0.15) is 75.2 Å². The van der Waals surface area contributed by atoms with E-state index in [1.807, 2.05) is 85.5 Å². The van der Waals surface area contributed by atoms with Crippen LogP contribution in [0.2, 0.25) is 0 Å². The third-order valence-corrected chi connectivity index (χ3v) is 10.1. The molecule has 0 saturated heterocycles. The van der Waals surface area contributed by atoms with E-state index in [4.69, 9.17) is 10.5 Å². The van der Waals surface area contributed by atoms with Gasteiger partial charge in [-0.05, 0) is 42.7 Å². The summed E-state index contributed by atoms with van der Waals surface area (Å²) in [5.41, 5.74) is 13.2. The summed E-state index contributed by atoms with van der Waals surface area (Å²) in [6.45, 7) is 5.40. The van der Waals surface area contributed by atoms with Crippen molar-refractivity contribution < 1.29 is 38.6 Å². The van der Waals surface area contributed by atoms with E-state index >= 15 is 0 Å². The Balaban J connectivity index is 1.30. The Morgan fingerprint density at radius 3 is 2.15 bits per heavy atom. The number of benzene rings is 4. The smallest absolute Gasteiger partial charge is 0.408 e. The van der Waals surface area contributed by atoms with Crippen LogP contribution < -0.4 is 32.1 Å². The van der Waals surface area contributed by atoms with Crippen LogP contribution in [0.4, 0.5) is 10.5 Å². The highest BCUT2D eigenvalue weighted by molar-refractivity contribution is 5.97. The molecule has 4 aromatic rings. The molecule has 322 valence electrons. The topological polar surface area (TPSA) is 212 Å². The van der Waals surface area contributed by atoms with E-state index in [0.29, 0.717) is 11.3 Å². The summed E-state index contributed by atoms with van der Waals surface area (Å²) >= 11 is 0. The maximum Gasteiger partial charge on any atom is 0.408 e. The van der Waals surface area contributed by atoms with Crippen molar-refractivity contribution in [3.63, 3.8) is 0 Å². The van der Waals surface area contributed by atoms with Crippen LogP contribution in [0.15, 0.2) is 115 Å². The van der Waals surface area contributed by atoms with Crippen LogP contribution in [-0.4, -0.2) is 76.4 Å². The number of carbonyl (C=O) groups excluding carboxylic acids is 6. The summed E-state index contributed by atoms with van der Waals surface area (Å²) in [7, 11) is 0. The van der Waals surface area contributed by atoms with Gasteiger partial charge in [0.25, 0.3) is 0 Å². The molecular weight excluding hydrogens is 779 g/mol. The number of hydrogen-bond acceptors (Lipinski definition) is 10. The first-order valence-electron chi connectivity index (χ1n) is 20.4. The largest absolute Gasteiger partial charge is 0.445 e. The van der Waals surface area contributed by atoms with E-state index in [1.165, 1.54) is 4.90 Å². The van der Waals surface area contributed by atoms with E-state index in [9.17, 15) is 33.9 Å². The molecule has 0 bridgehead atoms. The Labute approximate surface area is 355 Å². The zero-order valence-electron chi connectivity index (χ0n) is 34.7. The number of anilines is 1. The number of fused-ring (bicyclic) bond motifs is 1. The lowest BCUT2D eigenvalue weighted by atomic mass is 9.96. The molecule has 0 aromatic heterocycles. The molecule has 0 spiro atoms. The number of alkyl carbamates (subject to hydrolysis) is 1. The molecule has 0 radical (unpaired) electrons. The zero-order valence-corrected chi connectivity index (χ0v) is 34.7. The monoisotopic (exact) mass is 833 g/mol. The van der Waals surface area contributed by atoms with Crippen molar-refractivity contribution in [3.05, 3.63) is 126 Å². The second-order valence-electron chi connectivity index (χ2n) is 15.5. The molecule has 0 fully saturated rings. The lowest BCUT2D eigenvalue weighted by Crippen LogP contribution is -2.54. The number of nitrogens with two attached hydrogens (primary N) is 1. The molecular formula is C46H55N7O8. The van der Waals surface area contributed by atoms with Crippen molar-refractivity contribution >= 4 is 52.0 Å².